The number of hydrogen-bond acceptors (Lipinski definition) is 4. The highest BCUT2D eigenvalue weighted by atomic mass is 35.5. The molecule has 0 bridgehead atoms. The van der Waals surface area contributed by atoms with Gasteiger partial charge in [-0.1, -0.05) is 41.9 Å². The smallest absolute Gasteiger partial charge is 0.341 e. The first-order chi connectivity index (χ1) is 11.6. The molecule has 1 aromatic heterocycles. The van der Waals surface area contributed by atoms with Crippen molar-refractivity contribution in [3.63, 3.8) is 0 Å². The first-order valence-electron chi connectivity index (χ1n) is 7.67. The van der Waals surface area contributed by atoms with E-state index in [-0.39, 0.29) is 29.3 Å². The number of carbonyl (C=O) groups excluding carboxylic acids is 2. The Bertz CT molecular complexity index is 692. The van der Waals surface area contributed by atoms with E-state index < -0.39 is 5.97 Å². The lowest BCUT2D eigenvalue weighted by Crippen LogP contribution is -2.36. The highest BCUT2D eigenvalue weighted by Gasteiger charge is 2.15. The molecule has 1 heterocycles. The fraction of sp³-hybridized carbons (Fsp3) is 0.278. The second-order valence-electron chi connectivity index (χ2n) is 5.41. The van der Waals surface area contributed by atoms with Gasteiger partial charge in [-0.3, -0.25) is 4.79 Å². The second kappa shape index (κ2) is 9.03. The molecule has 0 fully saturated rings. The topological polar surface area (TPSA) is 68.3 Å². The summed E-state index contributed by atoms with van der Waals surface area (Å²) in [7, 11) is 0. The monoisotopic (exact) mass is 346 g/mol. The lowest BCUT2D eigenvalue weighted by Gasteiger charge is -2.14. The second-order valence-corrected chi connectivity index (χ2v) is 5.77. The molecule has 0 aliphatic heterocycles. The molecule has 2 rings (SSSR count). The maximum absolute atomic E-state index is 11.8. The van der Waals surface area contributed by atoms with Crippen LogP contribution in [-0.2, 0) is 16.0 Å². The summed E-state index contributed by atoms with van der Waals surface area (Å²) >= 11 is 5.81. The van der Waals surface area contributed by atoms with Gasteiger partial charge in [0.05, 0.1) is 5.56 Å². The molecule has 24 heavy (non-hydrogen) atoms. The fourth-order valence-corrected chi connectivity index (χ4v) is 2.36. The Morgan fingerprint density at radius 2 is 1.96 bits per heavy atom. The van der Waals surface area contributed by atoms with Gasteiger partial charge in [0, 0.05) is 12.2 Å². The van der Waals surface area contributed by atoms with Crippen molar-refractivity contribution in [2.75, 3.05) is 6.61 Å². The zero-order valence-electron chi connectivity index (χ0n) is 13.4. The number of halogens is 1. The average Bonchev–Trinajstić information content (AvgIpc) is 2.59. The van der Waals surface area contributed by atoms with Gasteiger partial charge in [-0.25, -0.2) is 9.78 Å². The molecule has 0 unspecified atom stereocenters. The molecule has 6 heteroatoms. The Balaban J connectivity index is 1.72. The largest absolute Gasteiger partial charge is 0.452 e. The molecule has 1 N–H and O–H groups in total. The first kappa shape index (κ1) is 17.9. The molecule has 2 aromatic rings. The van der Waals surface area contributed by atoms with Crippen LogP contribution in [0.25, 0.3) is 0 Å². The zero-order chi connectivity index (χ0) is 17.4. The highest BCUT2D eigenvalue weighted by molar-refractivity contribution is 6.32. The minimum atomic E-state index is -0.666. The van der Waals surface area contributed by atoms with Crippen molar-refractivity contribution in [3.8, 4) is 0 Å². The van der Waals surface area contributed by atoms with E-state index in [9.17, 15) is 9.59 Å². The van der Waals surface area contributed by atoms with E-state index >= 15 is 0 Å². The van der Waals surface area contributed by atoms with Crippen LogP contribution in [0.15, 0.2) is 48.7 Å². The SMILES string of the molecule is C[C@H](CCc1ccccc1)NC(=O)COC(=O)c1cccnc1Cl. The van der Waals surface area contributed by atoms with Crippen molar-refractivity contribution in [2.45, 2.75) is 25.8 Å². The molecule has 1 atom stereocenters. The molecule has 0 aliphatic carbocycles. The predicted molar refractivity (Wildman–Crippen MR) is 91.9 cm³/mol. The number of amides is 1. The number of esters is 1. The summed E-state index contributed by atoms with van der Waals surface area (Å²) < 4.78 is 4.96. The Kier molecular flexibility index (Phi) is 6.75. The van der Waals surface area contributed by atoms with Gasteiger partial charge in [0.25, 0.3) is 5.91 Å². The third-order valence-corrected chi connectivity index (χ3v) is 3.73. The van der Waals surface area contributed by atoms with Crippen LogP contribution in [0.2, 0.25) is 5.15 Å². The van der Waals surface area contributed by atoms with Crippen LogP contribution >= 0.6 is 11.6 Å². The van der Waals surface area contributed by atoms with Gasteiger partial charge < -0.3 is 10.1 Å². The predicted octanol–water partition coefficient (Wildman–Crippen LogP) is 3.03. The van der Waals surface area contributed by atoms with Crippen molar-refractivity contribution in [1.82, 2.24) is 10.3 Å². The Labute approximate surface area is 146 Å². The van der Waals surface area contributed by atoms with Gasteiger partial charge in [-0.15, -0.1) is 0 Å². The van der Waals surface area contributed by atoms with Crippen molar-refractivity contribution in [3.05, 3.63) is 64.9 Å². The van der Waals surface area contributed by atoms with E-state index in [1.807, 2.05) is 37.3 Å². The average molecular weight is 347 g/mol. The van der Waals surface area contributed by atoms with Crippen molar-refractivity contribution in [1.29, 1.82) is 0 Å². The number of pyridine rings is 1. The molecule has 1 aromatic carbocycles. The van der Waals surface area contributed by atoms with Gasteiger partial charge in [0.15, 0.2) is 6.61 Å². The quantitative estimate of drug-likeness (QED) is 0.618. The van der Waals surface area contributed by atoms with E-state index in [1.54, 1.807) is 6.07 Å². The molecule has 0 radical (unpaired) electrons. The number of hydrogen-bond donors (Lipinski definition) is 1. The third-order valence-electron chi connectivity index (χ3n) is 3.43. The molecular formula is C18H19ClN2O3. The zero-order valence-corrected chi connectivity index (χ0v) is 14.1. The van der Waals surface area contributed by atoms with Crippen molar-refractivity contribution >= 4 is 23.5 Å². The van der Waals surface area contributed by atoms with Gasteiger partial charge in [-0.2, -0.15) is 0 Å². The van der Waals surface area contributed by atoms with E-state index in [0.717, 1.165) is 12.8 Å². The number of aromatic nitrogens is 1. The third kappa shape index (κ3) is 5.66. The van der Waals surface area contributed by atoms with E-state index in [1.165, 1.54) is 17.8 Å². The van der Waals surface area contributed by atoms with E-state index in [4.69, 9.17) is 16.3 Å². The summed E-state index contributed by atoms with van der Waals surface area (Å²) in [6.45, 7) is 1.57. The van der Waals surface area contributed by atoms with Crippen LogP contribution in [0.1, 0.15) is 29.3 Å². The number of nitrogens with zero attached hydrogens (tertiary/aromatic N) is 1. The van der Waals surface area contributed by atoms with Crippen molar-refractivity contribution in [2.24, 2.45) is 0 Å². The number of carbonyl (C=O) groups is 2. The number of benzene rings is 1. The Hall–Kier alpha value is -2.40. The summed E-state index contributed by atoms with van der Waals surface area (Å²) in [5, 5.41) is 2.86. The highest BCUT2D eigenvalue weighted by Crippen LogP contribution is 2.12. The number of nitrogens with one attached hydrogen (secondary N) is 1. The summed E-state index contributed by atoms with van der Waals surface area (Å²) in [5.41, 5.74) is 1.36. The lowest BCUT2D eigenvalue weighted by molar-refractivity contribution is -0.124. The fourth-order valence-electron chi connectivity index (χ4n) is 2.16. The molecule has 0 spiro atoms. The summed E-state index contributed by atoms with van der Waals surface area (Å²) in [5.74, 6) is -1.01. The van der Waals surface area contributed by atoms with Crippen LogP contribution in [0.4, 0.5) is 0 Å². The maximum atomic E-state index is 11.8. The van der Waals surface area contributed by atoms with Crippen LogP contribution < -0.4 is 5.32 Å². The Morgan fingerprint density at radius 3 is 2.67 bits per heavy atom. The van der Waals surface area contributed by atoms with Gasteiger partial charge in [0.1, 0.15) is 5.15 Å². The van der Waals surface area contributed by atoms with Crippen LogP contribution in [0, 0.1) is 0 Å². The molecule has 0 saturated carbocycles. The molecular weight excluding hydrogens is 328 g/mol. The summed E-state index contributed by atoms with van der Waals surface area (Å²) in [4.78, 5) is 27.5. The normalized spacial score (nSPS) is 11.6. The minimum Gasteiger partial charge on any atom is -0.452 e. The van der Waals surface area contributed by atoms with E-state index in [2.05, 4.69) is 10.3 Å². The van der Waals surface area contributed by atoms with Crippen LogP contribution in [0.3, 0.4) is 0 Å². The van der Waals surface area contributed by atoms with Gasteiger partial charge in [0.2, 0.25) is 0 Å². The van der Waals surface area contributed by atoms with Crippen LogP contribution in [-0.4, -0.2) is 29.5 Å². The van der Waals surface area contributed by atoms with Gasteiger partial charge in [-0.05, 0) is 37.5 Å². The van der Waals surface area contributed by atoms with E-state index in [0.29, 0.717) is 0 Å². The molecule has 0 aliphatic rings. The molecule has 5 nitrogen and oxygen atoms in total. The van der Waals surface area contributed by atoms with Crippen molar-refractivity contribution < 1.29 is 14.3 Å². The number of rotatable bonds is 7. The number of aryl methyl sites for hydroxylation is 1. The number of ether oxygens (including phenoxy) is 1. The minimum absolute atomic E-state index is 0.0154. The Morgan fingerprint density at radius 1 is 1.21 bits per heavy atom. The van der Waals surface area contributed by atoms with Gasteiger partial charge >= 0.3 is 5.97 Å². The van der Waals surface area contributed by atoms with Crippen LogP contribution in [0.5, 0.6) is 0 Å². The lowest BCUT2D eigenvalue weighted by atomic mass is 10.1. The maximum Gasteiger partial charge on any atom is 0.341 e. The summed E-state index contributed by atoms with van der Waals surface area (Å²) in [6.07, 6.45) is 3.14. The molecule has 1 amide bonds. The molecule has 126 valence electrons. The standard InChI is InChI=1S/C18H19ClN2O3/c1-13(9-10-14-6-3-2-4-7-14)21-16(22)12-24-18(23)15-8-5-11-20-17(15)19/h2-8,11,13H,9-10,12H2,1H3,(H,21,22)/t13-/m1/s1. The first-order valence-corrected chi connectivity index (χ1v) is 8.05. The molecule has 0 saturated heterocycles. The summed E-state index contributed by atoms with van der Waals surface area (Å²) in [6, 6.07) is 13.1.